The number of aryl methyl sites for hydroxylation is 1. The number of fused-ring (bicyclic) bond motifs is 1. The molecule has 0 saturated heterocycles. The average Bonchev–Trinajstić information content (AvgIpc) is 3.47. The van der Waals surface area contributed by atoms with Crippen molar-refractivity contribution in [3.05, 3.63) is 99.8 Å². The van der Waals surface area contributed by atoms with Crippen molar-refractivity contribution in [2.75, 3.05) is 4.90 Å². The van der Waals surface area contributed by atoms with Crippen LogP contribution in [0.3, 0.4) is 0 Å². The fourth-order valence-electron chi connectivity index (χ4n) is 3.89. The molecule has 0 fully saturated rings. The summed E-state index contributed by atoms with van der Waals surface area (Å²) in [5.41, 5.74) is 1.85. The Labute approximate surface area is 185 Å². The highest BCUT2D eigenvalue weighted by molar-refractivity contribution is 9.10. The number of para-hydroxylation sites is 1. The van der Waals surface area contributed by atoms with E-state index >= 15 is 0 Å². The number of amides is 1. The highest BCUT2D eigenvalue weighted by Gasteiger charge is 2.47. The van der Waals surface area contributed by atoms with Gasteiger partial charge in [0.15, 0.2) is 11.5 Å². The Morgan fingerprint density at radius 3 is 2.65 bits per heavy atom. The van der Waals surface area contributed by atoms with Crippen molar-refractivity contribution in [1.82, 2.24) is 0 Å². The average molecular weight is 478 g/mol. The fourth-order valence-corrected chi connectivity index (χ4v) is 4.27. The van der Waals surface area contributed by atoms with Gasteiger partial charge >= 0.3 is 0 Å². The van der Waals surface area contributed by atoms with Crippen LogP contribution in [0.15, 0.2) is 91.6 Å². The Balaban J connectivity index is 1.66. The summed E-state index contributed by atoms with van der Waals surface area (Å²) < 4.78 is 12.1. The van der Waals surface area contributed by atoms with Gasteiger partial charge in [0.05, 0.1) is 11.8 Å². The first-order chi connectivity index (χ1) is 15.0. The number of aliphatic hydroxyl groups excluding tert-OH is 1. The first kappa shape index (κ1) is 19.4. The Kier molecular flexibility index (Phi) is 4.55. The molecule has 5 rings (SSSR count). The van der Waals surface area contributed by atoms with Crippen LogP contribution in [0.25, 0.3) is 11.0 Å². The number of halogens is 1. The Morgan fingerprint density at radius 1 is 1.10 bits per heavy atom. The van der Waals surface area contributed by atoms with Gasteiger partial charge in [0.2, 0.25) is 5.78 Å². The van der Waals surface area contributed by atoms with Gasteiger partial charge in [0, 0.05) is 15.5 Å². The monoisotopic (exact) mass is 477 g/mol. The molecule has 0 radical (unpaired) electrons. The van der Waals surface area contributed by atoms with Gasteiger partial charge in [0.1, 0.15) is 17.4 Å². The number of carbonyl (C=O) groups is 2. The summed E-state index contributed by atoms with van der Waals surface area (Å²) in [4.78, 5) is 28.0. The third kappa shape index (κ3) is 3.09. The van der Waals surface area contributed by atoms with E-state index in [9.17, 15) is 14.7 Å². The number of anilines is 1. The first-order valence-electron chi connectivity index (χ1n) is 9.55. The number of carbonyl (C=O) groups excluding carboxylic acids is 2. The maximum atomic E-state index is 13.5. The Bertz CT molecular complexity index is 1370. The zero-order valence-corrected chi connectivity index (χ0v) is 17.9. The number of ketones is 1. The summed E-state index contributed by atoms with van der Waals surface area (Å²) in [6.07, 6.45) is 1.46. The zero-order valence-electron chi connectivity index (χ0n) is 16.3. The zero-order chi connectivity index (χ0) is 21.7. The second kappa shape index (κ2) is 7.28. The highest BCUT2D eigenvalue weighted by Crippen LogP contribution is 2.43. The lowest BCUT2D eigenvalue weighted by atomic mass is 9.99. The number of benzene rings is 2. The number of nitrogens with zero attached hydrogens (tertiary/aromatic N) is 1. The van der Waals surface area contributed by atoms with E-state index < -0.39 is 23.5 Å². The molecule has 0 saturated carbocycles. The van der Waals surface area contributed by atoms with E-state index in [-0.39, 0.29) is 11.3 Å². The summed E-state index contributed by atoms with van der Waals surface area (Å²) in [6.45, 7) is 1.86. The van der Waals surface area contributed by atoms with Gasteiger partial charge in [-0.3, -0.25) is 14.5 Å². The number of aliphatic hydroxyl groups is 1. The third-order valence-electron chi connectivity index (χ3n) is 5.34. The standard InChI is InChI=1S/C24H16BrNO5/c1-13-5-2-3-6-16(13)26-21(18-7-4-10-30-18)20(23(28)24(26)29)22(27)19-12-14-11-15(25)8-9-17(14)31-19/h2-12,21,28H,1H3. The lowest BCUT2D eigenvalue weighted by molar-refractivity contribution is -0.117. The first-order valence-corrected chi connectivity index (χ1v) is 10.3. The van der Waals surface area contributed by atoms with Crippen LogP contribution < -0.4 is 4.90 Å². The molecule has 1 aliphatic heterocycles. The SMILES string of the molecule is Cc1ccccc1N1C(=O)C(O)=C(C(=O)c2cc3cc(Br)ccc3o2)C1c1ccco1. The van der Waals surface area contributed by atoms with E-state index in [2.05, 4.69) is 15.9 Å². The van der Waals surface area contributed by atoms with Gasteiger partial charge in [-0.2, -0.15) is 0 Å². The Morgan fingerprint density at radius 2 is 1.90 bits per heavy atom. The topological polar surface area (TPSA) is 83.9 Å². The molecule has 0 spiro atoms. The molecule has 1 N–H and O–H groups in total. The van der Waals surface area contributed by atoms with Crippen molar-refractivity contribution in [3.63, 3.8) is 0 Å². The van der Waals surface area contributed by atoms with E-state index in [1.807, 2.05) is 31.2 Å². The second-order valence-electron chi connectivity index (χ2n) is 7.26. The number of hydrogen-bond acceptors (Lipinski definition) is 5. The van der Waals surface area contributed by atoms with Crippen LogP contribution >= 0.6 is 15.9 Å². The van der Waals surface area contributed by atoms with Gasteiger partial charge in [-0.25, -0.2) is 0 Å². The largest absolute Gasteiger partial charge is 0.503 e. The van der Waals surface area contributed by atoms with Crippen molar-refractivity contribution >= 4 is 44.3 Å². The molecule has 154 valence electrons. The second-order valence-corrected chi connectivity index (χ2v) is 8.18. The van der Waals surface area contributed by atoms with E-state index in [4.69, 9.17) is 8.83 Å². The minimum Gasteiger partial charge on any atom is -0.503 e. The quantitative estimate of drug-likeness (QED) is 0.371. The summed E-state index contributed by atoms with van der Waals surface area (Å²) in [7, 11) is 0. The molecule has 1 aliphatic rings. The maximum Gasteiger partial charge on any atom is 0.294 e. The van der Waals surface area contributed by atoms with Crippen LogP contribution in [-0.2, 0) is 4.79 Å². The lowest BCUT2D eigenvalue weighted by Crippen LogP contribution is -2.31. The van der Waals surface area contributed by atoms with Crippen LogP contribution in [0, 0.1) is 6.92 Å². The van der Waals surface area contributed by atoms with Gasteiger partial charge in [-0.05, 0) is 55.0 Å². The van der Waals surface area contributed by atoms with Gasteiger partial charge in [0.25, 0.3) is 5.91 Å². The number of furan rings is 2. The minimum absolute atomic E-state index is 0.0330. The van der Waals surface area contributed by atoms with E-state index in [0.29, 0.717) is 17.0 Å². The van der Waals surface area contributed by atoms with Gasteiger partial charge in [-0.15, -0.1) is 0 Å². The van der Waals surface area contributed by atoms with E-state index in [1.165, 1.54) is 11.2 Å². The summed E-state index contributed by atoms with van der Waals surface area (Å²) in [5.74, 6) is -1.46. The molecule has 2 aromatic heterocycles. The molecular weight excluding hydrogens is 462 g/mol. The maximum absolute atomic E-state index is 13.5. The van der Waals surface area contributed by atoms with Crippen molar-refractivity contribution in [2.45, 2.75) is 13.0 Å². The molecule has 4 aromatic rings. The molecule has 3 heterocycles. The van der Waals surface area contributed by atoms with Crippen molar-refractivity contribution < 1.29 is 23.5 Å². The van der Waals surface area contributed by atoms with Crippen molar-refractivity contribution in [3.8, 4) is 0 Å². The van der Waals surface area contributed by atoms with Crippen LogP contribution in [-0.4, -0.2) is 16.8 Å². The van der Waals surface area contributed by atoms with Crippen LogP contribution in [0.2, 0.25) is 0 Å². The van der Waals surface area contributed by atoms with E-state index in [0.717, 1.165) is 15.4 Å². The number of Topliss-reactive ketones (excluding diaryl/α,β-unsaturated/α-hetero) is 1. The fraction of sp³-hybridized carbons (Fsp3) is 0.0833. The summed E-state index contributed by atoms with van der Waals surface area (Å²) in [5, 5.41) is 11.5. The lowest BCUT2D eigenvalue weighted by Gasteiger charge is -2.26. The molecule has 6 nitrogen and oxygen atoms in total. The third-order valence-corrected chi connectivity index (χ3v) is 5.84. The summed E-state index contributed by atoms with van der Waals surface area (Å²) in [6, 6.07) is 16.7. The van der Waals surface area contributed by atoms with Gasteiger partial charge in [-0.1, -0.05) is 34.1 Å². The van der Waals surface area contributed by atoms with Crippen LogP contribution in [0.5, 0.6) is 0 Å². The van der Waals surface area contributed by atoms with Crippen LogP contribution in [0.4, 0.5) is 5.69 Å². The molecule has 1 unspecified atom stereocenters. The summed E-state index contributed by atoms with van der Waals surface area (Å²) >= 11 is 3.40. The number of hydrogen-bond donors (Lipinski definition) is 1. The predicted octanol–water partition coefficient (Wildman–Crippen LogP) is 5.88. The van der Waals surface area contributed by atoms with E-state index in [1.54, 1.807) is 36.4 Å². The smallest absolute Gasteiger partial charge is 0.294 e. The highest BCUT2D eigenvalue weighted by atomic mass is 79.9. The number of rotatable bonds is 4. The molecule has 1 amide bonds. The molecular formula is C24H16BrNO5. The molecule has 2 aromatic carbocycles. The molecule has 0 bridgehead atoms. The molecule has 31 heavy (non-hydrogen) atoms. The Hall–Kier alpha value is -3.58. The molecule has 7 heteroatoms. The molecule has 1 atom stereocenters. The predicted molar refractivity (Wildman–Crippen MR) is 118 cm³/mol. The normalized spacial score (nSPS) is 16.5. The van der Waals surface area contributed by atoms with Crippen molar-refractivity contribution in [2.24, 2.45) is 0 Å². The molecule has 0 aliphatic carbocycles. The van der Waals surface area contributed by atoms with Crippen molar-refractivity contribution in [1.29, 1.82) is 0 Å². The minimum atomic E-state index is -0.920. The van der Waals surface area contributed by atoms with Gasteiger partial charge < -0.3 is 13.9 Å². The van der Waals surface area contributed by atoms with Crippen LogP contribution in [0.1, 0.15) is 27.9 Å².